The first-order valence-corrected chi connectivity index (χ1v) is 7.41. The summed E-state index contributed by atoms with van der Waals surface area (Å²) in [5, 5.41) is 0. The van der Waals surface area contributed by atoms with Gasteiger partial charge in [-0.2, -0.15) is 0 Å². The fourth-order valence-corrected chi connectivity index (χ4v) is 2.78. The van der Waals surface area contributed by atoms with Crippen molar-refractivity contribution in [1.29, 1.82) is 0 Å². The Morgan fingerprint density at radius 3 is 2.85 bits per heavy atom. The molecule has 3 heteroatoms. The molecule has 0 N–H and O–H groups in total. The minimum atomic E-state index is -0.438. The third-order valence-electron chi connectivity index (χ3n) is 4.02. The topological polar surface area (TPSA) is 43.4 Å². The Labute approximate surface area is 120 Å². The van der Waals surface area contributed by atoms with E-state index in [0.29, 0.717) is 24.2 Å². The summed E-state index contributed by atoms with van der Waals surface area (Å²) in [6.45, 7) is 2.11. The molecule has 1 aromatic rings. The lowest BCUT2D eigenvalue weighted by Gasteiger charge is -2.22. The number of fused-ring (bicyclic) bond motifs is 1. The molecule has 3 nitrogen and oxygen atoms in total. The Bertz CT molecular complexity index is 505. The van der Waals surface area contributed by atoms with Gasteiger partial charge in [-0.15, -0.1) is 0 Å². The van der Waals surface area contributed by atoms with Gasteiger partial charge >= 0.3 is 0 Å². The molecule has 0 spiro atoms. The van der Waals surface area contributed by atoms with Crippen molar-refractivity contribution in [3.05, 3.63) is 29.3 Å². The van der Waals surface area contributed by atoms with Crippen LogP contribution in [0, 0.1) is 5.92 Å². The van der Waals surface area contributed by atoms with Crippen LogP contribution in [-0.4, -0.2) is 18.7 Å². The molecule has 1 aliphatic carbocycles. The van der Waals surface area contributed by atoms with E-state index < -0.39 is 5.92 Å². The number of carbonyl (C=O) groups excluding carboxylic acids is 2. The van der Waals surface area contributed by atoms with Crippen LogP contribution < -0.4 is 4.74 Å². The first-order valence-electron chi connectivity index (χ1n) is 7.41. The van der Waals surface area contributed by atoms with Gasteiger partial charge in [0.2, 0.25) is 0 Å². The minimum absolute atomic E-state index is 0.0216. The number of benzene rings is 1. The Balaban J connectivity index is 2.12. The summed E-state index contributed by atoms with van der Waals surface area (Å²) in [6, 6.07) is 5.57. The highest BCUT2D eigenvalue weighted by Crippen LogP contribution is 2.30. The normalized spacial score (nSPS) is 17.7. The van der Waals surface area contributed by atoms with Gasteiger partial charge in [-0.05, 0) is 37.0 Å². The number of methoxy groups -OCH3 is 1. The average molecular weight is 274 g/mol. The fraction of sp³-hybridized carbons (Fsp3) is 0.529. The molecule has 0 amide bonds. The quantitative estimate of drug-likeness (QED) is 0.588. The monoisotopic (exact) mass is 274 g/mol. The highest BCUT2D eigenvalue weighted by molar-refractivity contribution is 6.12. The third-order valence-corrected chi connectivity index (χ3v) is 4.02. The molecule has 1 aromatic carbocycles. The smallest absolute Gasteiger partial charge is 0.173 e. The zero-order valence-electron chi connectivity index (χ0n) is 12.3. The molecule has 0 aromatic heterocycles. The van der Waals surface area contributed by atoms with Gasteiger partial charge in [0.15, 0.2) is 5.78 Å². The first-order chi connectivity index (χ1) is 9.67. The number of hydrogen-bond donors (Lipinski definition) is 0. The van der Waals surface area contributed by atoms with Crippen molar-refractivity contribution < 1.29 is 14.3 Å². The van der Waals surface area contributed by atoms with Crippen molar-refractivity contribution in [3.63, 3.8) is 0 Å². The maximum absolute atomic E-state index is 12.5. The van der Waals surface area contributed by atoms with Gasteiger partial charge in [0, 0.05) is 12.0 Å². The van der Waals surface area contributed by atoms with E-state index in [1.165, 1.54) is 0 Å². The van der Waals surface area contributed by atoms with Gasteiger partial charge in [-0.25, -0.2) is 0 Å². The van der Waals surface area contributed by atoms with E-state index in [9.17, 15) is 9.59 Å². The standard InChI is InChI=1S/C17H22O3/c1-3-4-5-6-16(18)14-10-8-12-7-9-13(20-2)11-15(12)17(14)19/h7,9,11,14H,3-6,8,10H2,1-2H3. The Kier molecular flexibility index (Phi) is 4.94. The van der Waals surface area contributed by atoms with Gasteiger partial charge in [0.05, 0.1) is 13.0 Å². The molecule has 0 aliphatic heterocycles. The summed E-state index contributed by atoms with van der Waals surface area (Å²) < 4.78 is 5.17. The van der Waals surface area contributed by atoms with Crippen molar-refractivity contribution >= 4 is 11.6 Å². The molecular weight excluding hydrogens is 252 g/mol. The van der Waals surface area contributed by atoms with E-state index in [1.807, 2.05) is 12.1 Å². The number of aryl methyl sites for hydroxylation is 1. The van der Waals surface area contributed by atoms with Crippen molar-refractivity contribution in [2.45, 2.75) is 45.4 Å². The number of Topliss-reactive ketones (excluding diaryl/α,β-unsaturated/α-hetero) is 2. The van der Waals surface area contributed by atoms with Crippen LogP contribution in [0.5, 0.6) is 5.75 Å². The van der Waals surface area contributed by atoms with Crippen LogP contribution in [0.4, 0.5) is 0 Å². The van der Waals surface area contributed by atoms with Crippen LogP contribution in [0.25, 0.3) is 0 Å². The van der Waals surface area contributed by atoms with Crippen molar-refractivity contribution in [1.82, 2.24) is 0 Å². The molecule has 0 saturated heterocycles. The Hall–Kier alpha value is -1.64. The molecule has 1 atom stereocenters. The summed E-state index contributed by atoms with van der Waals surface area (Å²) in [6.07, 6.45) is 5.02. The molecule has 1 unspecified atom stereocenters. The maximum Gasteiger partial charge on any atom is 0.173 e. The van der Waals surface area contributed by atoms with E-state index in [0.717, 1.165) is 31.2 Å². The van der Waals surface area contributed by atoms with Gasteiger partial charge in [-0.1, -0.05) is 25.8 Å². The number of rotatable bonds is 6. The molecule has 2 rings (SSSR count). The lowest BCUT2D eigenvalue weighted by Crippen LogP contribution is -2.29. The van der Waals surface area contributed by atoms with Gasteiger partial charge in [0.25, 0.3) is 0 Å². The Morgan fingerprint density at radius 2 is 2.15 bits per heavy atom. The molecule has 0 heterocycles. The van der Waals surface area contributed by atoms with E-state index in [4.69, 9.17) is 4.74 Å². The van der Waals surface area contributed by atoms with Crippen LogP contribution >= 0.6 is 0 Å². The van der Waals surface area contributed by atoms with Gasteiger partial charge in [0.1, 0.15) is 11.5 Å². The predicted molar refractivity (Wildman–Crippen MR) is 78.3 cm³/mol. The molecular formula is C17H22O3. The minimum Gasteiger partial charge on any atom is -0.497 e. The molecule has 0 bridgehead atoms. The number of hydrogen-bond acceptors (Lipinski definition) is 3. The average Bonchev–Trinajstić information content (AvgIpc) is 2.47. The summed E-state index contributed by atoms with van der Waals surface area (Å²) in [5.41, 5.74) is 1.71. The van der Waals surface area contributed by atoms with Crippen molar-refractivity contribution in [2.75, 3.05) is 7.11 Å². The molecule has 0 saturated carbocycles. The number of ether oxygens (including phenoxy) is 1. The number of carbonyl (C=O) groups is 2. The molecule has 0 fully saturated rings. The van der Waals surface area contributed by atoms with Crippen LogP contribution in [-0.2, 0) is 11.2 Å². The summed E-state index contributed by atoms with van der Waals surface area (Å²) >= 11 is 0. The van der Waals surface area contributed by atoms with E-state index in [-0.39, 0.29) is 11.6 Å². The van der Waals surface area contributed by atoms with E-state index in [1.54, 1.807) is 13.2 Å². The number of ketones is 2. The lowest BCUT2D eigenvalue weighted by molar-refractivity contribution is -0.121. The largest absolute Gasteiger partial charge is 0.497 e. The second-order valence-electron chi connectivity index (χ2n) is 5.40. The molecule has 20 heavy (non-hydrogen) atoms. The second kappa shape index (κ2) is 6.69. The zero-order chi connectivity index (χ0) is 14.5. The third kappa shape index (κ3) is 3.09. The Morgan fingerprint density at radius 1 is 1.35 bits per heavy atom. The maximum atomic E-state index is 12.5. The molecule has 0 radical (unpaired) electrons. The highest BCUT2D eigenvalue weighted by Gasteiger charge is 2.32. The van der Waals surface area contributed by atoms with E-state index in [2.05, 4.69) is 6.92 Å². The predicted octanol–water partition coefficient (Wildman–Crippen LogP) is 3.59. The highest BCUT2D eigenvalue weighted by atomic mass is 16.5. The lowest BCUT2D eigenvalue weighted by atomic mass is 9.79. The SMILES string of the molecule is CCCCCC(=O)C1CCc2ccc(OC)cc2C1=O. The molecule has 108 valence electrons. The van der Waals surface area contributed by atoms with Gasteiger partial charge in [-0.3, -0.25) is 9.59 Å². The van der Waals surface area contributed by atoms with Crippen LogP contribution in [0.2, 0.25) is 0 Å². The first kappa shape index (κ1) is 14.8. The summed E-state index contributed by atoms with van der Waals surface area (Å²) in [4.78, 5) is 24.7. The summed E-state index contributed by atoms with van der Waals surface area (Å²) in [7, 11) is 1.59. The zero-order valence-corrected chi connectivity index (χ0v) is 12.3. The summed E-state index contributed by atoms with van der Waals surface area (Å²) in [5.74, 6) is 0.325. The number of unbranched alkanes of at least 4 members (excludes halogenated alkanes) is 2. The van der Waals surface area contributed by atoms with Crippen molar-refractivity contribution in [3.8, 4) is 5.75 Å². The van der Waals surface area contributed by atoms with E-state index >= 15 is 0 Å². The second-order valence-corrected chi connectivity index (χ2v) is 5.40. The van der Waals surface area contributed by atoms with Crippen LogP contribution in [0.1, 0.15) is 54.9 Å². The fourth-order valence-electron chi connectivity index (χ4n) is 2.78. The van der Waals surface area contributed by atoms with Crippen LogP contribution in [0.3, 0.4) is 0 Å². The van der Waals surface area contributed by atoms with Crippen LogP contribution in [0.15, 0.2) is 18.2 Å². The van der Waals surface area contributed by atoms with Gasteiger partial charge < -0.3 is 4.74 Å². The molecule has 1 aliphatic rings. The van der Waals surface area contributed by atoms with Crippen molar-refractivity contribution in [2.24, 2.45) is 5.92 Å².